The Morgan fingerprint density at radius 2 is 1.77 bits per heavy atom. The Bertz CT molecular complexity index is 168. The van der Waals surface area contributed by atoms with Crippen molar-refractivity contribution in [3.8, 4) is 0 Å². The molecule has 0 unspecified atom stereocenters. The van der Waals surface area contributed by atoms with Crippen LogP contribution >= 0.6 is 23.4 Å². The van der Waals surface area contributed by atoms with Gasteiger partial charge < -0.3 is 0 Å². The van der Waals surface area contributed by atoms with E-state index in [1.54, 1.807) is 0 Å². The van der Waals surface area contributed by atoms with E-state index in [0.717, 1.165) is 18.6 Å². The molecule has 0 aromatic heterocycles. The van der Waals surface area contributed by atoms with E-state index in [4.69, 9.17) is 11.6 Å². The zero-order chi connectivity index (χ0) is 10.3. The van der Waals surface area contributed by atoms with Crippen LogP contribution in [0.5, 0.6) is 0 Å². The smallest absolute Gasteiger partial charge is 0.150 e. The summed E-state index contributed by atoms with van der Waals surface area (Å²) in [5.41, 5.74) is 0. The summed E-state index contributed by atoms with van der Waals surface area (Å²) in [5, 5.41) is -0.463. The van der Waals surface area contributed by atoms with Gasteiger partial charge in [0.05, 0.1) is 0 Å². The highest BCUT2D eigenvalue weighted by molar-refractivity contribution is 8.01. The minimum absolute atomic E-state index is 0.0524. The van der Waals surface area contributed by atoms with Gasteiger partial charge in [0, 0.05) is 5.88 Å². The van der Waals surface area contributed by atoms with Crippen LogP contribution in [0.1, 0.15) is 26.7 Å². The number of hydrogen-bond acceptors (Lipinski definition) is 3. The lowest BCUT2D eigenvalue weighted by Gasteiger charge is -2.08. The minimum atomic E-state index is -0.463. The predicted molar refractivity (Wildman–Crippen MR) is 57.6 cm³/mol. The summed E-state index contributed by atoms with van der Waals surface area (Å²) in [7, 11) is 0. The molecule has 0 aromatic carbocycles. The molecule has 0 atom stereocenters. The van der Waals surface area contributed by atoms with E-state index in [1.165, 1.54) is 25.6 Å². The third-order valence-electron chi connectivity index (χ3n) is 1.55. The average molecular weight is 223 g/mol. The number of hydrogen-bond donors (Lipinski definition) is 0. The summed E-state index contributed by atoms with van der Waals surface area (Å²) in [4.78, 5) is 22.0. The maximum absolute atomic E-state index is 11.0. The maximum Gasteiger partial charge on any atom is 0.150 e. The fourth-order valence-corrected chi connectivity index (χ4v) is 2.18. The standard InChI is InChI=1S/C9H15ClO2S/c1-7(11)9(8(2)12)13-6-4-3-5-10/h9H,3-6H2,1-2H3. The number of carbonyl (C=O) groups excluding carboxylic acids is 2. The summed E-state index contributed by atoms with van der Waals surface area (Å²) in [6.07, 6.45) is 1.91. The number of carbonyl (C=O) groups is 2. The van der Waals surface area contributed by atoms with Gasteiger partial charge in [0.1, 0.15) is 16.8 Å². The van der Waals surface area contributed by atoms with Gasteiger partial charge in [0.25, 0.3) is 0 Å². The quantitative estimate of drug-likeness (QED) is 0.377. The van der Waals surface area contributed by atoms with E-state index < -0.39 is 5.25 Å². The molecule has 2 nitrogen and oxygen atoms in total. The molecule has 0 saturated heterocycles. The first-order valence-corrected chi connectivity index (χ1v) is 5.86. The van der Waals surface area contributed by atoms with Crippen molar-refractivity contribution in [2.45, 2.75) is 31.9 Å². The maximum atomic E-state index is 11.0. The summed E-state index contributed by atoms with van der Waals surface area (Å²) in [5.74, 6) is 1.37. The Balaban J connectivity index is 3.71. The number of rotatable bonds is 7. The highest BCUT2D eigenvalue weighted by Gasteiger charge is 2.18. The van der Waals surface area contributed by atoms with Crippen molar-refractivity contribution in [2.24, 2.45) is 0 Å². The first kappa shape index (κ1) is 13.0. The second-order valence-electron chi connectivity index (χ2n) is 2.87. The third-order valence-corrected chi connectivity index (χ3v) is 3.34. The lowest BCUT2D eigenvalue weighted by molar-refractivity contribution is -0.123. The van der Waals surface area contributed by atoms with Crippen molar-refractivity contribution >= 4 is 34.9 Å². The van der Waals surface area contributed by atoms with Crippen molar-refractivity contribution in [3.63, 3.8) is 0 Å². The van der Waals surface area contributed by atoms with Gasteiger partial charge in [-0.1, -0.05) is 0 Å². The van der Waals surface area contributed by atoms with Crippen LogP contribution < -0.4 is 0 Å². The van der Waals surface area contributed by atoms with E-state index in [0.29, 0.717) is 5.88 Å². The second-order valence-corrected chi connectivity index (χ2v) is 4.46. The van der Waals surface area contributed by atoms with Gasteiger partial charge in [0.2, 0.25) is 0 Å². The SMILES string of the molecule is CC(=O)C(SCCCCCl)C(C)=O. The van der Waals surface area contributed by atoms with E-state index in [9.17, 15) is 9.59 Å². The number of thioether (sulfide) groups is 1. The van der Waals surface area contributed by atoms with Gasteiger partial charge in [-0.25, -0.2) is 0 Å². The molecule has 0 spiro atoms. The highest BCUT2D eigenvalue weighted by Crippen LogP contribution is 2.15. The molecule has 0 radical (unpaired) electrons. The molecule has 0 heterocycles. The molecular formula is C9H15ClO2S. The van der Waals surface area contributed by atoms with E-state index in [2.05, 4.69) is 0 Å². The van der Waals surface area contributed by atoms with Crippen molar-refractivity contribution in [3.05, 3.63) is 0 Å². The number of unbranched alkanes of at least 4 members (excludes halogenated alkanes) is 1. The molecule has 0 saturated carbocycles. The zero-order valence-corrected chi connectivity index (χ0v) is 9.58. The van der Waals surface area contributed by atoms with Crippen LogP contribution in [0, 0.1) is 0 Å². The number of alkyl halides is 1. The largest absolute Gasteiger partial charge is 0.298 e. The summed E-state index contributed by atoms with van der Waals surface area (Å²) >= 11 is 6.92. The lowest BCUT2D eigenvalue weighted by Crippen LogP contribution is -2.22. The van der Waals surface area contributed by atoms with E-state index in [-0.39, 0.29) is 11.6 Å². The van der Waals surface area contributed by atoms with E-state index >= 15 is 0 Å². The first-order chi connectivity index (χ1) is 6.09. The monoisotopic (exact) mass is 222 g/mol. The number of ketones is 2. The van der Waals surface area contributed by atoms with Gasteiger partial charge in [-0.2, -0.15) is 0 Å². The summed E-state index contributed by atoms with van der Waals surface area (Å²) < 4.78 is 0. The molecule has 0 aliphatic heterocycles. The predicted octanol–water partition coefficient (Wildman–Crippen LogP) is 2.29. The second kappa shape index (κ2) is 7.39. The lowest BCUT2D eigenvalue weighted by atomic mass is 10.2. The van der Waals surface area contributed by atoms with Crippen LogP contribution in [0.3, 0.4) is 0 Å². The Morgan fingerprint density at radius 1 is 1.23 bits per heavy atom. The van der Waals surface area contributed by atoms with Crippen LogP contribution in [0.15, 0.2) is 0 Å². The molecule has 76 valence electrons. The average Bonchev–Trinajstić information content (AvgIpc) is 2.02. The molecule has 13 heavy (non-hydrogen) atoms. The molecule has 0 bridgehead atoms. The normalized spacial score (nSPS) is 10.5. The highest BCUT2D eigenvalue weighted by atomic mass is 35.5. The zero-order valence-electron chi connectivity index (χ0n) is 8.01. The Kier molecular flexibility index (Phi) is 7.38. The topological polar surface area (TPSA) is 34.1 Å². The Morgan fingerprint density at radius 3 is 2.15 bits per heavy atom. The molecule has 0 N–H and O–H groups in total. The van der Waals surface area contributed by atoms with Gasteiger partial charge in [-0.3, -0.25) is 9.59 Å². The molecule has 0 aliphatic rings. The molecule has 0 rings (SSSR count). The van der Waals surface area contributed by atoms with Crippen molar-refractivity contribution in [1.29, 1.82) is 0 Å². The van der Waals surface area contributed by atoms with Crippen molar-refractivity contribution < 1.29 is 9.59 Å². The number of Topliss-reactive ketones (excluding diaryl/α,β-unsaturated/α-hetero) is 2. The van der Waals surface area contributed by atoms with Gasteiger partial charge in [-0.15, -0.1) is 23.4 Å². The number of halogens is 1. The Hall–Kier alpha value is -0.0200. The molecule has 4 heteroatoms. The van der Waals surface area contributed by atoms with Gasteiger partial charge >= 0.3 is 0 Å². The first-order valence-electron chi connectivity index (χ1n) is 4.28. The van der Waals surface area contributed by atoms with Gasteiger partial charge in [0.15, 0.2) is 0 Å². The summed E-state index contributed by atoms with van der Waals surface area (Å²) in [6.45, 7) is 2.92. The van der Waals surface area contributed by atoms with Crippen LogP contribution in [0.25, 0.3) is 0 Å². The third kappa shape index (κ3) is 6.11. The molecule has 0 fully saturated rings. The van der Waals surface area contributed by atoms with Crippen LogP contribution in [0.4, 0.5) is 0 Å². The van der Waals surface area contributed by atoms with Gasteiger partial charge in [-0.05, 0) is 32.4 Å². The molecular weight excluding hydrogens is 208 g/mol. The molecule has 0 amide bonds. The fourth-order valence-electron chi connectivity index (χ4n) is 0.919. The van der Waals surface area contributed by atoms with E-state index in [1.807, 2.05) is 0 Å². The van der Waals surface area contributed by atoms with Crippen LogP contribution in [-0.2, 0) is 9.59 Å². The van der Waals surface area contributed by atoms with Crippen molar-refractivity contribution in [1.82, 2.24) is 0 Å². The Labute approximate surface area is 88.4 Å². The van der Waals surface area contributed by atoms with Crippen molar-refractivity contribution in [2.75, 3.05) is 11.6 Å². The van der Waals surface area contributed by atoms with Crippen LogP contribution in [-0.4, -0.2) is 28.4 Å². The fraction of sp³-hybridized carbons (Fsp3) is 0.778. The van der Waals surface area contributed by atoms with Crippen LogP contribution in [0.2, 0.25) is 0 Å². The molecule has 0 aliphatic carbocycles. The minimum Gasteiger partial charge on any atom is -0.298 e. The summed E-state index contributed by atoms with van der Waals surface area (Å²) in [6, 6.07) is 0. The molecule has 0 aromatic rings.